The molecule has 0 aliphatic rings. The van der Waals surface area contributed by atoms with E-state index in [-0.39, 0.29) is 12.4 Å². The molecule has 3 rings (SSSR count). The maximum Gasteiger partial charge on any atom is 0.191 e. The molecule has 0 spiro atoms. The number of hydrogen-bond donors (Lipinski definition) is 3. The van der Waals surface area contributed by atoms with Gasteiger partial charge in [-0.05, 0) is 43.7 Å². The minimum Gasteiger partial charge on any atom is -0.386 e. The molecule has 2 heterocycles. The molecule has 3 N–H and O–H groups in total. The Kier molecular flexibility index (Phi) is 7.24. The number of aliphatic hydroxyl groups is 1. The van der Waals surface area contributed by atoms with Gasteiger partial charge in [-0.15, -0.1) is 11.3 Å². The molecule has 3 aromatic rings. The van der Waals surface area contributed by atoms with Crippen LogP contribution in [0.4, 0.5) is 4.39 Å². The van der Waals surface area contributed by atoms with Crippen LogP contribution in [-0.2, 0) is 6.54 Å². The average Bonchev–Trinajstić information content (AvgIpc) is 3.32. The number of aromatic nitrogens is 2. The van der Waals surface area contributed by atoms with Crippen molar-refractivity contribution in [3.05, 3.63) is 69.1 Å². The predicted octanol–water partition coefficient (Wildman–Crippen LogP) is 3.82. The number of aliphatic hydroxyl groups excluding tert-OH is 1. The zero-order chi connectivity index (χ0) is 20.8. The van der Waals surface area contributed by atoms with Crippen molar-refractivity contribution in [2.75, 3.05) is 13.1 Å². The molecule has 6 nitrogen and oxygen atoms in total. The standard InChI is InChI=1S/C20H23ClFN5OS/c1-3-23-20(26-12-17(28)18-6-7-19(21)29-18)25-11-14-4-5-16(15(22)10-14)27-9-8-24-13(27)2/h4-10,17,28H,3,11-12H2,1-2H3,(H2,23,25,26). The molecular weight excluding hydrogens is 413 g/mol. The Labute approximate surface area is 178 Å². The van der Waals surface area contributed by atoms with Gasteiger partial charge in [0.15, 0.2) is 5.96 Å². The van der Waals surface area contributed by atoms with E-state index in [1.165, 1.54) is 17.4 Å². The monoisotopic (exact) mass is 435 g/mol. The first-order chi connectivity index (χ1) is 14.0. The maximum atomic E-state index is 14.5. The molecule has 1 aromatic carbocycles. The molecule has 0 fully saturated rings. The first kappa shape index (κ1) is 21.3. The normalized spacial score (nSPS) is 12.8. The summed E-state index contributed by atoms with van der Waals surface area (Å²) in [5.74, 6) is 0.935. The number of guanidine groups is 1. The van der Waals surface area contributed by atoms with Crippen LogP contribution in [0.2, 0.25) is 4.34 Å². The SMILES string of the molecule is CCNC(=NCc1ccc(-n2ccnc2C)c(F)c1)NCC(O)c1ccc(Cl)s1. The highest BCUT2D eigenvalue weighted by atomic mass is 35.5. The van der Waals surface area contributed by atoms with E-state index in [1.807, 2.05) is 19.9 Å². The van der Waals surface area contributed by atoms with Crippen molar-refractivity contribution in [1.29, 1.82) is 0 Å². The first-order valence-corrected chi connectivity index (χ1v) is 10.4. The largest absolute Gasteiger partial charge is 0.386 e. The molecule has 29 heavy (non-hydrogen) atoms. The molecule has 0 saturated heterocycles. The van der Waals surface area contributed by atoms with Gasteiger partial charge in [0.2, 0.25) is 0 Å². The van der Waals surface area contributed by atoms with Crippen LogP contribution in [0.25, 0.3) is 5.69 Å². The Morgan fingerprint density at radius 1 is 1.34 bits per heavy atom. The van der Waals surface area contributed by atoms with Crippen LogP contribution in [0.5, 0.6) is 0 Å². The molecule has 0 bridgehead atoms. The van der Waals surface area contributed by atoms with Crippen molar-refractivity contribution in [3.8, 4) is 5.69 Å². The number of nitrogens with one attached hydrogen (secondary N) is 2. The van der Waals surface area contributed by atoms with E-state index in [1.54, 1.807) is 35.2 Å². The highest BCUT2D eigenvalue weighted by molar-refractivity contribution is 7.16. The van der Waals surface area contributed by atoms with Gasteiger partial charge in [-0.3, -0.25) is 0 Å². The van der Waals surface area contributed by atoms with E-state index in [9.17, 15) is 9.50 Å². The Balaban J connectivity index is 1.65. The summed E-state index contributed by atoms with van der Waals surface area (Å²) in [5, 5.41) is 16.5. The Morgan fingerprint density at radius 3 is 2.79 bits per heavy atom. The van der Waals surface area contributed by atoms with E-state index in [2.05, 4.69) is 20.6 Å². The number of rotatable bonds is 7. The van der Waals surface area contributed by atoms with Gasteiger partial charge >= 0.3 is 0 Å². The highest BCUT2D eigenvalue weighted by Gasteiger charge is 2.11. The first-order valence-electron chi connectivity index (χ1n) is 9.22. The third-order valence-corrected chi connectivity index (χ3v) is 5.58. The minimum atomic E-state index is -0.688. The van der Waals surface area contributed by atoms with Crippen molar-refractivity contribution in [2.24, 2.45) is 4.99 Å². The summed E-state index contributed by atoms with van der Waals surface area (Å²) in [6, 6.07) is 8.60. The van der Waals surface area contributed by atoms with Crippen molar-refractivity contribution in [3.63, 3.8) is 0 Å². The molecule has 2 aromatic heterocycles. The third kappa shape index (κ3) is 5.56. The van der Waals surface area contributed by atoms with E-state index in [0.717, 1.165) is 16.3 Å². The van der Waals surface area contributed by atoms with Crippen molar-refractivity contribution in [1.82, 2.24) is 20.2 Å². The summed E-state index contributed by atoms with van der Waals surface area (Å²) in [5.41, 5.74) is 1.20. The molecule has 9 heteroatoms. The Morgan fingerprint density at radius 2 is 2.17 bits per heavy atom. The number of imidazole rings is 1. The van der Waals surface area contributed by atoms with Gasteiger partial charge in [0, 0.05) is 30.4 Å². The molecule has 0 saturated carbocycles. The number of hydrogen-bond acceptors (Lipinski definition) is 4. The van der Waals surface area contributed by atoms with Crippen LogP contribution in [-0.4, -0.2) is 33.7 Å². The van der Waals surface area contributed by atoms with Crippen LogP contribution in [0.3, 0.4) is 0 Å². The van der Waals surface area contributed by atoms with E-state index >= 15 is 0 Å². The van der Waals surface area contributed by atoms with E-state index < -0.39 is 6.10 Å². The molecule has 0 aliphatic heterocycles. The third-order valence-electron chi connectivity index (χ3n) is 4.25. The number of thiophene rings is 1. The van der Waals surface area contributed by atoms with Crippen LogP contribution >= 0.6 is 22.9 Å². The molecule has 154 valence electrons. The number of nitrogens with zero attached hydrogens (tertiary/aromatic N) is 3. The maximum absolute atomic E-state index is 14.5. The van der Waals surface area contributed by atoms with Crippen molar-refractivity contribution in [2.45, 2.75) is 26.5 Å². The quantitative estimate of drug-likeness (QED) is 0.389. The summed E-state index contributed by atoms with van der Waals surface area (Å²) in [4.78, 5) is 9.39. The van der Waals surface area contributed by atoms with Crippen molar-refractivity contribution < 1.29 is 9.50 Å². The van der Waals surface area contributed by atoms with E-state index in [4.69, 9.17) is 11.6 Å². The zero-order valence-corrected chi connectivity index (χ0v) is 17.8. The molecule has 0 amide bonds. The lowest BCUT2D eigenvalue weighted by atomic mass is 10.2. The Hall–Kier alpha value is -2.42. The molecule has 0 radical (unpaired) electrons. The summed E-state index contributed by atoms with van der Waals surface area (Å²) in [6.07, 6.45) is 2.68. The summed E-state index contributed by atoms with van der Waals surface area (Å²) in [7, 11) is 0. The number of benzene rings is 1. The van der Waals surface area contributed by atoms with Crippen molar-refractivity contribution >= 4 is 28.9 Å². The zero-order valence-electron chi connectivity index (χ0n) is 16.2. The van der Waals surface area contributed by atoms with Gasteiger partial charge in [0.25, 0.3) is 0 Å². The summed E-state index contributed by atoms with van der Waals surface area (Å²) < 4.78 is 16.9. The molecule has 0 aliphatic carbocycles. The lowest BCUT2D eigenvalue weighted by Crippen LogP contribution is -2.39. The molecule has 1 unspecified atom stereocenters. The van der Waals surface area contributed by atoms with Gasteiger partial charge in [0.1, 0.15) is 17.7 Å². The van der Waals surface area contributed by atoms with Gasteiger partial charge < -0.3 is 20.3 Å². The second-order valence-corrected chi connectivity index (χ2v) is 8.11. The van der Waals surface area contributed by atoms with Crippen LogP contribution in [0.15, 0.2) is 47.7 Å². The Bertz CT molecular complexity index is 987. The lowest BCUT2D eigenvalue weighted by Gasteiger charge is -2.14. The smallest absolute Gasteiger partial charge is 0.191 e. The number of aliphatic imine (C=N–C) groups is 1. The fourth-order valence-corrected chi connectivity index (χ4v) is 3.84. The van der Waals surface area contributed by atoms with Crippen LogP contribution < -0.4 is 10.6 Å². The second kappa shape index (κ2) is 9.87. The van der Waals surface area contributed by atoms with Gasteiger partial charge in [-0.1, -0.05) is 17.7 Å². The predicted molar refractivity (Wildman–Crippen MR) is 115 cm³/mol. The average molecular weight is 436 g/mol. The molecule has 1 atom stereocenters. The van der Waals surface area contributed by atoms with Gasteiger partial charge in [-0.2, -0.15) is 0 Å². The fraction of sp³-hybridized carbons (Fsp3) is 0.300. The van der Waals surface area contributed by atoms with Gasteiger partial charge in [0.05, 0.1) is 16.6 Å². The summed E-state index contributed by atoms with van der Waals surface area (Å²) >= 11 is 7.26. The highest BCUT2D eigenvalue weighted by Crippen LogP contribution is 2.26. The van der Waals surface area contributed by atoms with E-state index in [0.29, 0.717) is 29.1 Å². The van der Waals surface area contributed by atoms with Crippen LogP contribution in [0, 0.1) is 12.7 Å². The number of halogens is 2. The van der Waals surface area contributed by atoms with Crippen LogP contribution in [0.1, 0.15) is 29.3 Å². The second-order valence-electron chi connectivity index (χ2n) is 6.36. The summed E-state index contributed by atoms with van der Waals surface area (Å²) in [6.45, 7) is 5.03. The molecular formula is C20H23ClFN5OS. The number of aryl methyl sites for hydroxylation is 1. The fourth-order valence-electron chi connectivity index (χ4n) is 2.79. The van der Waals surface area contributed by atoms with Gasteiger partial charge in [-0.25, -0.2) is 14.4 Å². The topological polar surface area (TPSA) is 74.5 Å². The minimum absolute atomic E-state index is 0.288. The lowest BCUT2D eigenvalue weighted by molar-refractivity contribution is 0.184.